The highest BCUT2D eigenvalue weighted by atomic mass is 32.2. The van der Waals surface area contributed by atoms with Gasteiger partial charge >= 0.3 is 0 Å². The first kappa shape index (κ1) is 17.3. The zero-order valence-corrected chi connectivity index (χ0v) is 13.8. The Labute approximate surface area is 124 Å². The SMILES string of the molecule is CC(C)C(C(N)c1ccccc1)S(=O)CCS(C)(=O)=O. The number of nitrogens with two attached hydrogens (primary N) is 1. The Morgan fingerprint density at radius 3 is 2.20 bits per heavy atom. The van der Waals surface area contributed by atoms with Crippen LogP contribution in [0.25, 0.3) is 0 Å². The molecule has 3 atom stereocenters. The van der Waals surface area contributed by atoms with E-state index in [0.717, 1.165) is 11.8 Å². The molecule has 3 unspecified atom stereocenters. The first-order chi connectivity index (χ1) is 9.22. The molecule has 4 nitrogen and oxygen atoms in total. The van der Waals surface area contributed by atoms with Crippen LogP contribution in [0, 0.1) is 5.92 Å². The monoisotopic (exact) mass is 317 g/mol. The van der Waals surface area contributed by atoms with Gasteiger partial charge in [0.15, 0.2) is 0 Å². The van der Waals surface area contributed by atoms with Gasteiger partial charge in [-0.05, 0) is 11.5 Å². The van der Waals surface area contributed by atoms with Gasteiger partial charge in [-0.2, -0.15) is 0 Å². The standard InChI is InChI=1S/C14H23NO3S2/c1-11(2)14(19(16)9-10-20(3,17)18)13(15)12-7-5-4-6-8-12/h4-8,11,13-14H,9-10,15H2,1-3H3. The summed E-state index contributed by atoms with van der Waals surface area (Å²) in [5.41, 5.74) is 7.17. The molecular weight excluding hydrogens is 294 g/mol. The maximum Gasteiger partial charge on any atom is 0.148 e. The fourth-order valence-corrected chi connectivity index (χ4v) is 5.35. The fourth-order valence-electron chi connectivity index (χ4n) is 2.12. The summed E-state index contributed by atoms with van der Waals surface area (Å²) in [6.07, 6.45) is 1.16. The van der Waals surface area contributed by atoms with Crippen LogP contribution in [0.2, 0.25) is 0 Å². The number of benzene rings is 1. The number of rotatable bonds is 7. The van der Waals surface area contributed by atoms with Crippen molar-refractivity contribution in [2.75, 3.05) is 17.8 Å². The highest BCUT2D eigenvalue weighted by Gasteiger charge is 2.28. The van der Waals surface area contributed by atoms with Crippen molar-refractivity contribution in [2.24, 2.45) is 11.7 Å². The maximum atomic E-state index is 12.4. The van der Waals surface area contributed by atoms with Gasteiger partial charge in [0.2, 0.25) is 0 Å². The number of sulfone groups is 1. The largest absolute Gasteiger partial charge is 0.323 e. The lowest BCUT2D eigenvalue weighted by atomic mass is 9.97. The predicted octanol–water partition coefficient (Wildman–Crippen LogP) is 1.50. The Morgan fingerprint density at radius 2 is 1.75 bits per heavy atom. The quantitative estimate of drug-likeness (QED) is 0.827. The summed E-state index contributed by atoms with van der Waals surface area (Å²) in [6, 6.07) is 9.16. The van der Waals surface area contributed by atoms with E-state index < -0.39 is 20.6 Å². The fraction of sp³-hybridized carbons (Fsp3) is 0.571. The molecule has 1 rings (SSSR count). The van der Waals surface area contributed by atoms with Gasteiger partial charge in [0, 0.05) is 28.9 Å². The van der Waals surface area contributed by atoms with Crippen LogP contribution < -0.4 is 5.73 Å². The van der Waals surface area contributed by atoms with E-state index in [9.17, 15) is 12.6 Å². The van der Waals surface area contributed by atoms with E-state index in [1.54, 1.807) is 0 Å². The topological polar surface area (TPSA) is 77.2 Å². The minimum absolute atomic E-state index is 0.0651. The number of hydrogen-bond acceptors (Lipinski definition) is 4. The summed E-state index contributed by atoms with van der Waals surface area (Å²) >= 11 is 0. The molecule has 0 spiro atoms. The van der Waals surface area contributed by atoms with Crippen molar-refractivity contribution in [3.63, 3.8) is 0 Å². The van der Waals surface area contributed by atoms with Crippen LogP contribution in [0.4, 0.5) is 0 Å². The molecule has 0 bridgehead atoms. The molecule has 0 aliphatic rings. The minimum atomic E-state index is -3.10. The van der Waals surface area contributed by atoms with Crippen molar-refractivity contribution in [1.29, 1.82) is 0 Å². The third-order valence-corrected chi connectivity index (χ3v) is 6.41. The smallest absolute Gasteiger partial charge is 0.148 e. The minimum Gasteiger partial charge on any atom is -0.323 e. The third kappa shape index (κ3) is 5.34. The molecule has 0 aliphatic carbocycles. The maximum absolute atomic E-state index is 12.4. The van der Waals surface area contributed by atoms with Crippen LogP contribution in [-0.2, 0) is 20.6 Å². The molecule has 1 aromatic rings. The molecule has 20 heavy (non-hydrogen) atoms. The Hall–Kier alpha value is -0.720. The van der Waals surface area contributed by atoms with Crippen LogP contribution in [0.3, 0.4) is 0 Å². The van der Waals surface area contributed by atoms with Crippen LogP contribution in [0.5, 0.6) is 0 Å². The second kappa shape index (κ2) is 7.33. The molecule has 114 valence electrons. The van der Waals surface area contributed by atoms with E-state index in [1.807, 2.05) is 44.2 Å². The molecule has 0 saturated carbocycles. The van der Waals surface area contributed by atoms with Crippen molar-refractivity contribution in [3.8, 4) is 0 Å². The molecule has 1 aromatic carbocycles. The summed E-state index contributed by atoms with van der Waals surface area (Å²) in [5.74, 6) is 0.192. The van der Waals surface area contributed by atoms with Crippen molar-refractivity contribution in [3.05, 3.63) is 35.9 Å². The van der Waals surface area contributed by atoms with Crippen LogP contribution in [-0.4, -0.2) is 35.6 Å². The second-order valence-electron chi connectivity index (χ2n) is 5.36. The summed E-state index contributed by atoms with van der Waals surface area (Å²) in [4.78, 5) is 0. The van der Waals surface area contributed by atoms with E-state index in [1.165, 1.54) is 0 Å². The van der Waals surface area contributed by atoms with Crippen molar-refractivity contribution in [2.45, 2.75) is 25.1 Å². The van der Waals surface area contributed by atoms with Crippen LogP contribution >= 0.6 is 0 Å². The molecule has 0 heterocycles. The van der Waals surface area contributed by atoms with Crippen molar-refractivity contribution >= 4 is 20.6 Å². The summed E-state index contributed by atoms with van der Waals surface area (Å²) < 4.78 is 34.8. The highest BCUT2D eigenvalue weighted by Crippen LogP contribution is 2.24. The highest BCUT2D eigenvalue weighted by molar-refractivity contribution is 7.92. The van der Waals surface area contributed by atoms with Gasteiger partial charge in [-0.15, -0.1) is 0 Å². The van der Waals surface area contributed by atoms with Gasteiger partial charge < -0.3 is 5.73 Å². The molecule has 0 saturated heterocycles. The van der Waals surface area contributed by atoms with Crippen LogP contribution in [0.15, 0.2) is 30.3 Å². The lowest BCUT2D eigenvalue weighted by Crippen LogP contribution is -2.36. The normalized spacial score (nSPS) is 16.9. The number of hydrogen-bond donors (Lipinski definition) is 1. The summed E-state index contributed by atoms with van der Waals surface area (Å²) in [7, 11) is -4.37. The molecule has 2 N–H and O–H groups in total. The molecule has 0 aliphatic heterocycles. The average Bonchev–Trinajstić information content (AvgIpc) is 2.36. The Bertz CT molecular complexity index is 541. The van der Waals surface area contributed by atoms with Gasteiger partial charge in [0.05, 0.1) is 11.0 Å². The Kier molecular flexibility index (Phi) is 6.36. The van der Waals surface area contributed by atoms with Gasteiger partial charge in [-0.25, -0.2) is 8.42 Å². The van der Waals surface area contributed by atoms with Gasteiger partial charge in [0.25, 0.3) is 0 Å². The molecule has 0 amide bonds. The lowest BCUT2D eigenvalue weighted by Gasteiger charge is -2.27. The predicted molar refractivity (Wildman–Crippen MR) is 84.7 cm³/mol. The zero-order valence-electron chi connectivity index (χ0n) is 12.2. The van der Waals surface area contributed by atoms with Gasteiger partial charge in [-0.1, -0.05) is 44.2 Å². The third-order valence-electron chi connectivity index (χ3n) is 3.15. The average molecular weight is 317 g/mol. The van der Waals surface area contributed by atoms with Crippen molar-refractivity contribution < 1.29 is 12.6 Å². The second-order valence-corrected chi connectivity index (χ2v) is 9.33. The molecule has 6 heteroatoms. The molecular formula is C14H23NO3S2. The Morgan fingerprint density at radius 1 is 1.20 bits per heavy atom. The molecule has 0 fully saturated rings. The molecule has 0 aromatic heterocycles. The first-order valence-corrected chi connectivity index (χ1v) is 10.0. The lowest BCUT2D eigenvalue weighted by molar-refractivity contribution is 0.510. The summed E-state index contributed by atoms with van der Waals surface area (Å²) in [6.45, 7) is 3.93. The summed E-state index contributed by atoms with van der Waals surface area (Å²) in [5, 5.41) is -0.251. The zero-order chi connectivity index (χ0) is 15.3. The molecule has 0 radical (unpaired) electrons. The van der Waals surface area contributed by atoms with E-state index in [0.29, 0.717) is 0 Å². The Balaban J connectivity index is 2.86. The van der Waals surface area contributed by atoms with E-state index in [2.05, 4.69) is 0 Å². The van der Waals surface area contributed by atoms with Crippen LogP contribution in [0.1, 0.15) is 25.5 Å². The van der Waals surface area contributed by atoms with E-state index >= 15 is 0 Å². The van der Waals surface area contributed by atoms with E-state index in [4.69, 9.17) is 5.73 Å². The van der Waals surface area contributed by atoms with E-state index in [-0.39, 0.29) is 28.7 Å². The van der Waals surface area contributed by atoms with Crippen molar-refractivity contribution in [1.82, 2.24) is 0 Å². The van der Waals surface area contributed by atoms with Gasteiger partial charge in [-0.3, -0.25) is 4.21 Å². The first-order valence-electron chi connectivity index (χ1n) is 6.58. The van der Waals surface area contributed by atoms with Gasteiger partial charge in [0.1, 0.15) is 9.84 Å².